The van der Waals surface area contributed by atoms with Crippen molar-refractivity contribution in [2.24, 2.45) is 5.41 Å². The van der Waals surface area contributed by atoms with Crippen LogP contribution in [0, 0.1) is 17.0 Å². The Morgan fingerprint density at radius 3 is 2.55 bits per heavy atom. The standard InChI is InChI=1S/C15H20F2N2.ClH/c1-11(14-12(16)3-2-4-13(14)17)19-8-6-15(10-19)5-7-18-9-15;/h2-4,11,18H,5-10H2,1H3;1H. The van der Waals surface area contributed by atoms with E-state index >= 15 is 0 Å². The molecule has 0 amide bonds. The SMILES string of the molecule is CC(c1c(F)cccc1F)N1CCC2(CCNC2)C1.Cl. The summed E-state index contributed by atoms with van der Waals surface area (Å²) in [4.78, 5) is 2.22. The number of halogens is 3. The van der Waals surface area contributed by atoms with E-state index in [9.17, 15) is 8.78 Å². The summed E-state index contributed by atoms with van der Waals surface area (Å²) in [5.41, 5.74) is 0.543. The van der Waals surface area contributed by atoms with Gasteiger partial charge in [0.15, 0.2) is 0 Å². The first kappa shape index (κ1) is 15.7. The van der Waals surface area contributed by atoms with E-state index in [1.54, 1.807) is 0 Å². The van der Waals surface area contributed by atoms with Crippen LogP contribution in [0.3, 0.4) is 0 Å². The normalized spacial score (nSPS) is 27.8. The largest absolute Gasteiger partial charge is 0.316 e. The third-order valence-electron chi connectivity index (χ3n) is 4.77. The van der Waals surface area contributed by atoms with Gasteiger partial charge in [-0.1, -0.05) is 6.07 Å². The maximum Gasteiger partial charge on any atom is 0.130 e. The summed E-state index contributed by atoms with van der Waals surface area (Å²) in [6.45, 7) is 5.88. The van der Waals surface area contributed by atoms with E-state index in [0.717, 1.165) is 32.6 Å². The van der Waals surface area contributed by atoms with Gasteiger partial charge >= 0.3 is 0 Å². The van der Waals surface area contributed by atoms with E-state index < -0.39 is 11.6 Å². The highest BCUT2D eigenvalue weighted by molar-refractivity contribution is 5.85. The fourth-order valence-electron chi connectivity index (χ4n) is 3.54. The third-order valence-corrected chi connectivity index (χ3v) is 4.77. The van der Waals surface area contributed by atoms with Gasteiger partial charge in [-0.3, -0.25) is 4.90 Å². The van der Waals surface area contributed by atoms with Crippen molar-refractivity contribution in [3.05, 3.63) is 35.4 Å². The summed E-state index contributed by atoms with van der Waals surface area (Å²) in [5.74, 6) is -0.865. The molecule has 5 heteroatoms. The highest BCUT2D eigenvalue weighted by Gasteiger charge is 2.42. The van der Waals surface area contributed by atoms with Crippen LogP contribution in [-0.2, 0) is 0 Å². The number of hydrogen-bond donors (Lipinski definition) is 1. The molecule has 112 valence electrons. The first-order valence-corrected chi connectivity index (χ1v) is 7.00. The number of nitrogens with zero attached hydrogens (tertiary/aromatic N) is 1. The highest BCUT2D eigenvalue weighted by atomic mass is 35.5. The van der Waals surface area contributed by atoms with Crippen LogP contribution >= 0.6 is 12.4 Å². The predicted octanol–water partition coefficient (Wildman–Crippen LogP) is 3.13. The average molecular weight is 303 g/mol. The quantitative estimate of drug-likeness (QED) is 0.903. The second-order valence-corrected chi connectivity index (χ2v) is 5.96. The smallest absolute Gasteiger partial charge is 0.130 e. The molecule has 0 bridgehead atoms. The van der Waals surface area contributed by atoms with Crippen molar-refractivity contribution in [3.8, 4) is 0 Å². The molecule has 2 fully saturated rings. The zero-order valence-electron chi connectivity index (χ0n) is 11.7. The van der Waals surface area contributed by atoms with E-state index in [0.29, 0.717) is 5.41 Å². The van der Waals surface area contributed by atoms with E-state index in [-0.39, 0.29) is 24.0 Å². The molecule has 2 heterocycles. The highest BCUT2D eigenvalue weighted by Crippen LogP contribution is 2.40. The van der Waals surface area contributed by atoms with Gasteiger partial charge in [-0.15, -0.1) is 12.4 Å². The molecule has 1 aromatic rings. The van der Waals surface area contributed by atoms with E-state index in [2.05, 4.69) is 10.2 Å². The van der Waals surface area contributed by atoms with Crippen LogP contribution in [0.15, 0.2) is 18.2 Å². The Morgan fingerprint density at radius 1 is 1.25 bits per heavy atom. The lowest BCUT2D eigenvalue weighted by atomic mass is 9.86. The lowest BCUT2D eigenvalue weighted by Crippen LogP contribution is -2.31. The van der Waals surface area contributed by atoms with Crippen LogP contribution in [0.5, 0.6) is 0 Å². The average Bonchev–Trinajstić information content (AvgIpc) is 3.00. The molecule has 0 aliphatic carbocycles. The number of nitrogens with one attached hydrogen (secondary N) is 1. The molecule has 2 aliphatic rings. The minimum Gasteiger partial charge on any atom is -0.316 e. The predicted molar refractivity (Wildman–Crippen MR) is 78.1 cm³/mol. The Balaban J connectivity index is 0.00000147. The van der Waals surface area contributed by atoms with Crippen molar-refractivity contribution in [2.45, 2.75) is 25.8 Å². The Labute approximate surface area is 124 Å². The minimum atomic E-state index is -0.432. The second-order valence-electron chi connectivity index (χ2n) is 5.96. The number of rotatable bonds is 2. The van der Waals surface area contributed by atoms with Crippen LogP contribution in [0.4, 0.5) is 8.78 Å². The Kier molecular flexibility index (Phi) is 4.67. The van der Waals surface area contributed by atoms with Crippen molar-refractivity contribution >= 4 is 12.4 Å². The molecule has 1 aromatic carbocycles. The van der Waals surface area contributed by atoms with Crippen LogP contribution in [0.2, 0.25) is 0 Å². The van der Waals surface area contributed by atoms with Crippen LogP contribution < -0.4 is 5.32 Å². The summed E-state index contributed by atoms with van der Waals surface area (Å²) >= 11 is 0. The molecule has 20 heavy (non-hydrogen) atoms. The van der Waals surface area contributed by atoms with Crippen molar-refractivity contribution < 1.29 is 8.78 Å². The van der Waals surface area contributed by atoms with E-state index in [1.807, 2.05) is 6.92 Å². The van der Waals surface area contributed by atoms with Crippen LogP contribution in [0.25, 0.3) is 0 Å². The zero-order chi connectivity index (χ0) is 13.5. The fraction of sp³-hybridized carbons (Fsp3) is 0.600. The zero-order valence-corrected chi connectivity index (χ0v) is 12.5. The molecule has 2 atom stereocenters. The van der Waals surface area contributed by atoms with Crippen molar-refractivity contribution in [2.75, 3.05) is 26.2 Å². The fourth-order valence-corrected chi connectivity index (χ4v) is 3.54. The van der Waals surface area contributed by atoms with E-state index in [4.69, 9.17) is 0 Å². The molecule has 1 N–H and O–H groups in total. The first-order valence-electron chi connectivity index (χ1n) is 7.00. The molecular weight excluding hydrogens is 282 g/mol. The van der Waals surface area contributed by atoms with Gasteiger partial charge in [-0.05, 0) is 50.4 Å². The molecule has 0 saturated carbocycles. The van der Waals surface area contributed by atoms with Crippen LogP contribution in [-0.4, -0.2) is 31.1 Å². The molecular formula is C15H21ClF2N2. The van der Waals surface area contributed by atoms with Crippen molar-refractivity contribution in [1.29, 1.82) is 0 Å². The minimum absolute atomic E-state index is 0. The molecule has 3 rings (SSSR count). The summed E-state index contributed by atoms with van der Waals surface area (Å²) in [5, 5.41) is 3.40. The maximum absolute atomic E-state index is 13.8. The first-order chi connectivity index (χ1) is 9.11. The second kappa shape index (κ2) is 5.96. The van der Waals surface area contributed by atoms with Crippen LogP contribution in [0.1, 0.15) is 31.4 Å². The Morgan fingerprint density at radius 2 is 1.95 bits per heavy atom. The molecule has 0 aromatic heterocycles. The topological polar surface area (TPSA) is 15.3 Å². The third kappa shape index (κ3) is 2.69. The summed E-state index contributed by atoms with van der Waals surface area (Å²) in [6.07, 6.45) is 2.30. The van der Waals surface area contributed by atoms with Crippen molar-refractivity contribution in [3.63, 3.8) is 0 Å². The molecule has 2 nitrogen and oxygen atoms in total. The summed E-state index contributed by atoms with van der Waals surface area (Å²) in [6, 6.07) is 3.92. The Bertz CT molecular complexity index is 455. The lowest BCUT2D eigenvalue weighted by Gasteiger charge is -2.28. The van der Waals surface area contributed by atoms with Gasteiger partial charge in [0.05, 0.1) is 0 Å². The molecule has 2 unspecified atom stereocenters. The Hall–Kier alpha value is -0.710. The summed E-state index contributed by atoms with van der Waals surface area (Å²) in [7, 11) is 0. The van der Waals surface area contributed by atoms with Gasteiger partial charge in [0.1, 0.15) is 11.6 Å². The van der Waals surface area contributed by atoms with Crippen molar-refractivity contribution in [1.82, 2.24) is 10.2 Å². The van der Waals surface area contributed by atoms with Gasteiger partial charge in [0.2, 0.25) is 0 Å². The number of likely N-dealkylation sites (tertiary alicyclic amines) is 1. The number of hydrogen-bond acceptors (Lipinski definition) is 2. The maximum atomic E-state index is 13.8. The lowest BCUT2D eigenvalue weighted by molar-refractivity contribution is 0.216. The van der Waals surface area contributed by atoms with Gasteiger partial charge in [-0.2, -0.15) is 0 Å². The van der Waals surface area contributed by atoms with Gasteiger partial charge in [-0.25, -0.2) is 8.78 Å². The molecule has 1 spiro atoms. The molecule has 2 aliphatic heterocycles. The molecule has 2 saturated heterocycles. The molecule has 0 radical (unpaired) electrons. The van der Waals surface area contributed by atoms with Gasteiger partial charge in [0.25, 0.3) is 0 Å². The monoisotopic (exact) mass is 302 g/mol. The number of benzene rings is 1. The van der Waals surface area contributed by atoms with Gasteiger partial charge in [0, 0.05) is 24.7 Å². The van der Waals surface area contributed by atoms with E-state index in [1.165, 1.54) is 24.6 Å². The summed E-state index contributed by atoms with van der Waals surface area (Å²) < 4.78 is 27.7. The van der Waals surface area contributed by atoms with Gasteiger partial charge < -0.3 is 5.32 Å².